The van der Waals surface area contributed by atoms with Crippen LogP contribution in [0.4, 0.5) is 11.4 Å². The van der Waals surface area contributed by atoms with Crippen LogP contribution in [0.1, 0.15) is 28.4 Å². The molecule has 0 spiro atoms. The highest BCUT2D eigenvalue weighted by molar-refractivity contribution is 9.10. The van der Waals surface area contributed by atoms with Crippen molar-refractivity contribution >= 4 is 62.2 Å². The third kappa shape index (κ3) is 6.48. The predicted molar refractivity (Wildman–Crippen MR) is 149 cm³/mol. The van der Waals surface area contributed by atoms with Gasteiger partial charge in [-0.05, 0) is 72.8 Å². The number of hydrogen-bond acceptors (Lipinski definition) is 8. The zero-order valence-electron chi connectivity index (χ0n) is 20.4. The summed E-state index contributed by atoms with van der Waals surface area (Å²) in [6, 6.07) is 18.3. The predicted octanol–water partition coefficient (Wildman–Crippen LogP) is 6.35. The highest BCUT2D eigenvalue weighted by Gasteiger charge is 2.30. The van der Waals surface area contributed by atoms with E-state index < -0.39 is 10.9 Å². The van der Waals surface area contributed by atoms with E-state index in [2.05, 4.69) is 20.9 Å². The van der Waals surface area contributed by atoms with Crippen molar-refractivity contribution in [3.63, 3.8) is 0 Å². The van der Waals surface area contributed by atoms with Gasteiger partial charge in [-0.1, -0.05) is 28.1 Å². The third-order valence-electron chi connectivity index (χ3n) is 5.38. The van der Waals surface area contributed by atoms with E-state index in [1.165, 1.54) is 28.8 Å². The number of hydrogen-bond donors (Lipinski definition) is 0. The molecule has 194 valence electrons. The number of likely N-dealkylation sites (N-methyl/N-ethyl adjacent to an activating group) is 1. The lowest BCUT2D eigenvalue weighted by atomic mass is 10.1. The number of halogens is 1. The van der Waals surface area contributed by atoms with Gasteiger partial charge in [-0.15, -0.1) is 0 Å². The summed E-state index contributed by atoms with van der Waals surface area (Å²) >= 11 is 4.68. The molecule has 1 saturated heterocycles. The van der Waals surface area contributed by atoms with Crippen LogP contribution in [-0.2, 0) is 16.1 Å². The van der Waals surface area contributed by atoms with Gasteiger partial charge in [0.25, 0.3) is 11.6 Å². The van der Waals surface area contributed by atoms with Gasteiger partial charge in [0.1, 0.15) is 12.4 Å². The number of carbonyl (C=O) groups is 2. The van der Waals surface area contributed by atoms with E-state index in [1.54, 1.807) is 62.5 Å². The van der Waals surface area contributed by atoms with Gasteiger partial charge < -0.3 is 9.47 Å². The van der Waals surface area contributed by atoms with Crippen LogP contribution < -0.4 is 4.74 Å². The molecule has 1 heterocycles. The monoisotopic (exact) mass is 595 g/mol. The Labute approximate surface area is 231 Å². The van der Waals surface area contributed by atoms with Crippen molar-refractivity contribution in [2.75, 3.05) is 13.7 Å². The zero-order valence-corrected chi connectivity index (χ0v) is 22.8. The number of amidine groups is 1. The molecule has 1 aliphatic heterocycles. The lowest BCUT2D eigenvalue weighted by molar-refractivity contribution is -0.384. The first-order valence-electron chi connectivity index (χ1n) is 11.4. The van der Waals surface area contributed by atoms with Crippen molar-refractivity contribution in [2.24, 2.45) is 4.99 Å². The minimum atomic E-state index is -0.452. The minimum absolute atomic E-state index is 0.0115. The second-order valence-electron chi connectivity index (χ2n) is 8.03. The standard InChI is InChI=1S/C27H22BrN3O6S/c1-3-36-26(33)18-7-10-21(11-8-18)29-27-30(2)25(32)24(38-27)15-19-14-20(28)9-12-23(19)37-16-17-5-4-6-22(13-17)31(34)35/h4-15H,3,16H2,1-2H3. The smallest absolute Gasteiger partial charge is 0.338 e. The van der Waals surface area contributed by atoms with E-state index >= 15 is 0 Å². The van der Waals surface area contributed by atoms with Crippen LogP contribution in [0.25, 0.3) is 6.08 Å². The maximum atomic E-state index is 13.0. The Balaban J connectivity index is 1.54. The van der Waals surface area contributed by atoms with Crippen LogP contribution in [0.15, 0.2) is 81.1 Å². The Bertz CT molecular complexity index is 1460. The molecule has 1 aliphatic rings. The number of nitro benzene ring substituents is 1. The lowest BCUT2D eigenvalue weighted by Crippen LogP contribution is -2.23. The second-order valence-corrected chi connectivity index (χ2v) is 9.96. The van der Waals surface area contributed by atoms with E-state index in [-0.39, 0.29) is 18.2 Å². The van der Waals surface area contributed by atoms with Crippen molar-refractivity contribution in [3.8, 4) is 5.75 Å². The van der Waals surface area contributed by atoms with Crippen molar-refractivity contribution in [2.45, 2.75) is 13.5 Å². The number of aliphatic imine (C=N–C) groups is 1. The van der Waals surface area contributed by atoms with Crippen molar-refractivity contribution in [3.05, 3.63) is 103 Å². The fourth-order valence-electron chi connectivity index (χ4n) is 3.47. The number of amides is 1. The van der Waals surface area contributed by atoms with E-state index in [0.29, 0.717) is 44.8 Å². The molecule has 0 atom stereocenters. The number of nitro groups is 1. The van der Waals surface area contributed by atoms with Crippen molar-refractivity contribution < 1.29 is 24.0 Å². The Morgan fingerprint density at radius 2 is 1.92 bits per heavy atom. The number of ether oxygens (including phenoxy) is 2. The van der Waals surface area contributed by atoms with E-state index in [0.717, 1.165) is 4.47 Å². The minimum Gasteiger partial charge on any atom is -0.488 e. The Morgan fingerprint density at radius 3 is 2.63 bits per heavy atom. The summed E-state index contributed by atoms with van der Waals surface area (Å²) in [4.78, 5) is 41.9. The normalized spacial score (nSPS) is 15.2. The summed E-state index contributed by atoms with van der Waals surface area (Å²) in [5.41, 5.74) is 2.31. The molecule has 0 bridgehead atoms. The van der Waals surface area contributed by atoms with Gasteiger partial charge in [0.2, 0.25) is 0 Å². The third-order valence-corrected chi connectivity index (χ3v) is 6.93. The number of esters is 1. The average molecular weight is 596 g/mol. The Morgan fingerprint density at radius 1 is 1.16 bits per heavy atom. The molecule has 0 saturated carbocycles. The molecule has 1 amide bonds. The molecule has 11 heteroatoms. The highest BCUT2D eigenvalue weighted by Crippen LogP contribution is 2.35. The number of thioether (sulfide) groups is 1. The van der Waals surface area contributed by atoms with Crippen LogP contribution in [-0.4, -0.2) is 40.5 Å². The molecule has 4 rings (SSSR count). The molecule has 1 fully saturated rings. The fourth-order valence-corrected chi connectivity index (χ4v) is 4.83. The summed E-state index contributed by atoms with van der Waals surface area (Å²) in [5.74, 6) is -0.110. The second kappa shape index (κ2) is 12.1. The van der Waals surface area contributed by atoms with Gasteiger partial charge in [-0.3, -0.25) is 19.8 Å². The van der Waals surface area contributed by atoms with Gasteiger partial charge >= 0.3 is 5.97 Å². The lowest BCUT2D eigenvalue weighted by Gasteiger charge is -2.10. The van der Waals surface area contributed by atoms with E-state index in [1.807, 2.05) is 12.1 Å². The molecule has 3 aromatic carbocycles. The van der Waals surface area contributed by atoms with Gasteiger partial charge in [0.05, 0.1) is 27.7 Å². The van der Waals surface area contributed by atoms with Crippen LogP contribution >= 0.6 is 27.7 Å². The van der Waals surface area contributed by atoms with Crippen LogP contribution in [0.3, 0.4) is 0 Å². The quantitative estimate of drug-likeness (QED) is 0.129. The number of non-ortho nitro benzene ring substituents is 1. The van der Waals surface area contributed by atoms with Crippen molar-refractivity contribution in [1.82, 2.24) is 4.90 Å². The maximum Gasteiger partial charge on any atom is 0.338 e. The highest BCUT2D eigenvalue weighted by atomic mass is 79.9. The summed E-state index contributed by atoms with van der Waals surface area (Å²) < 4.78 is 11.8. The molecule has 38 heavy (non-hydrogen) atoms. The summed E-state index contributed by atoms with van der Waals surface area (Å²) in [6.07, 6.45) is 1.73. The molecule has 0 aliphatic carbocycles. The van der Waals surface area contributed by atoms with Gasteiger partial charge in [0, 0.05) is 29.2 Å². The first-order valence-corrected chi connectivity index (χ1v) is 13.0. The fraction of sp³-hybridized carbons (Fsp3) is 0.148. The number of carbonyl (C=O) groups excluding carboxylic acids is 2. The number of rotatable bonds is 8. The first-order chi connectivity index (χ1) is 18.2. The SMILES string of the molecule is CCOC(=O)c1ccc(N=C2SC(=Cc3cc(Br)ccc3OCc3cccc([N+](=O)[O-])c3)C(=O)N2C)cc1. The molecule has 9 nitrogen and oxygen atoms in total. The molecule has 0 N–H and O–H groups in total. The van der Waals surface area contributed by atoms with Crippen LogP contribution in [0.5, 0.6) is 5.75 Å². The number of nitrogens with zero attached hydrogens (tertiary/aromatic N) is 3. The van der Waals surface area contributed by atoms with Crippen molar-refractivity contribution in [1.29, 1.82) is 0 Å². The maximum absolute atomic E-state index is 13.0. The Kier molecular flexibility index (Phi) is 8.59. The van der Waals surface area contributed by atoms with Gasteiger partial charge in [-0.25, -0.2) is 9.79 Å². The number of benzene rings is 3. The first kappa shape index (κ1) is 27.1. The molecular weight excluding hydrogens is 574 g/mol. The summed E-state index contributed by atoms with van der Waals surface area (Å²) in [6.45, 7) is 2.16. The van der Waals surface area contributed by atoms with E-state index in [4.69, 9.17) is 9.47 Å². The molecule has 0 unspecified atom stereocenters. The molecule has 0 radical (unpaired) electrons. The summed E-state index contributed by atoms with van der Waals surface area (Å²) in [5, 5.41) is 11.5. The largest absolute Gasteiger partial charge is 0.488 e. The topological polar surface area (TPSA) is 111 Å². The van der Waals surface area contributed by atoms with Crippen LogP contribution in [0, 0.1) is 10.1 Å². The molecular formula is C27H22BrN3O6S. The molecule has 0 aromatic heterocycles. The molecule has 3 aromatic rings. The Hall–Kier alpha value is -3.96. The van der Waals surface area contributed by atoms with Gasteiger partial charge in [-0.2, -0.15) is 0 Å². The summed E-state index contributed by atoms with van der Waals surface area (Å²) in [7, 11) is 1.64. The zero-order chi connectivity index (χ0) is 27.2. The van der Waals surface area contributed by atoms with E-state index in [9.17, 15) is 19.7 Å². The van der Waals surface area contributed by atoms with Gasteiger partial charge in [0.15, 0.2) is 5.17 Å². The van der Waals surface area contributed by atoms with Crippen LogP contribution in [0.2, 0.25) is 0 Å². The average Bonchev–Trinajstić information content (AvgIpc) is 3.16.